The molecule has 3 N–H and O–H groups in total. The van der Waals surface area contributed by atoms with Gasteiger partial charge in [0, 0.05) is 33.2 Å². The average molecular weight is 366 g/mol. The number of hydrogen-bond donors (Lipinski definition) is 3. The Labute approximate surface area is 154 Å². The van der Waals surface area contributed by atoms with Gasteiger partial charge in [0.15, 0.2) is 0 Å². The predicted molar refractivity (Wildman–Crippen MR) is 97.9 cm³/mol. The van der Waals surface area contributed by atoms with Gasteiger partial charge in [-0.05, 0) is 31.0 Å². The van der Waals surface area contributed by atoms with Gasteiger partial charge in [-0.2, -0.15) is 0 Å². The molecule has 1 heterocycles. The molecule has 1 amide bonds. The van der Waals surface area contributed by atoms with E-state index in [4.69, 9.17) is 9.47 Å². The largest absolute Gasteiger partial charge is 0.491 e. The molecule has 0 bridgehead atoms. The molecule has 1 aliphatic rings. The van der Waals surface area contributed by atoms with Gasteiger partial charge in [-0.15, -0.1) is 0 Å². The zero-order valence-electron chi connectivity index (χ0n) is 15.6. The number of nitrogens with one attached hydrogen (secondary N) is 1. The number of β-amino-alcohol motifs (C(OH)–C–C–N with tert-alkyl or cyclic N) is 2. The molecule has 1 saturated heterocycles. The lowest BCUT2D eigenvalue weighted by molar-refractivity contribution is -0.120. The Bertz CT molecular complexity index is 551. The molecule has 1 aromatic rings. The zero-order chi connectivity index (χ0) is 18.9. The number of aliphatic hydroxyl groups is 2. The summed E-state index contributed by atoms with van der Waals surface area (Å²) in [6.07, 6.45) is -0.952. The lowest BCUT2D eigenvalue weighted by atomic mass is 10.1. The first kappa shape index (κ1) is 20.6. The summed E-state index contributed by atoms with van der Waals surface area (Å²) in [6, 6.07) is 7.35. The summed E-state index contributed by atoms with van der Waals surface area (Å²) in [6.45, 7) is 6.59. The van der Waals surface area contributed by atoms with Crippen LogP contribution < -0.4 is 10.1 Å². The number of amides is 1. The number of aliphatic hydroxyl groups excluding tert-OH is 2. The van der Waals surface area contributed by atoms with E-state index < -0.39 is 18.2 Å². The number of ether oxygens (including phenoxy) is 2. The van der Waals surface area contributed by atoms with Crippen LogP contribution in [-0.4, -0.2) is 72.2 Å². The molecule has 1 aliphatic heterocycles. The molecule has 0 radical (unpaired) electrons. The van der Waals surface area contributed by atoms with Crippen molar-refractivity contribution in [2.75, 3.05) is 32.9 Å². The van der Waals surface area contributed by atoms with Gasteiger partial charge in [-0.3, -0.25) is 9.69 Å². The number of rotatable bonds is 8. The van der Waals surface area contributed by atoms with E-state index >= 15 is 0 Å². The maximum atomic E-state index is 11.3. The molecule has 7 nitrogen and oxygen atoms in total. The first-order chi connectivity index (χ1) is 12.5. The Morgan fingerprint density at radius 2 is 1.96 bits per heavy atom. The van der Waals surface area contributed by atoms with Crippen molar-refractivity contribution in [1.82, 2.24) is 10.2 Å². The minimum atomic E-state index is -0.711. The summed E-state index contributed by atoms with van der Waals surface area (Å²) < 4.78 is 10.8. The van der Waals surface area contributed by atoms with Crippen LogP contribution in [0.25, 0.3) is 0 Å². The zero-order valence-corrected chi connectivity index (χ0v) is 15.6. The quantitative estimate of drug-likeness (QED) is 0.582. The van der Waals surface area contributed by atoms with Crippen LogP contribution in [0, 0.1) is 0 Å². The van der Waals surface area contributed by atoms with Crippen LogP contribution in [0.3, 0.4) is 0 Å². The number of carbonyl (C=O) groups is 1. The molecular weight excluding hydrogens is 336 g/mol. The fourth-order valence-corrected chi connectivity index (χ4v) is 3.15. The van der Waals surface area contributed by atoms with Gasteiger partial charge < -0.3 is 25.0 Å². The van der Waals surface area contributed by atoms with E-state index in [-0.39, 0.29) is 5.91 Å². The molecule has 0 aromatic heterocycles. The van der Waals surface area contributed by atoms with E-state index in [0.717, 1.165) is 11.3 Å². The normalized spacial score (nSPS) is 24.1. The minimum Gasteiger partial charge on any atom is -0.491 e. The molecule has 1 fully saturated rings. The standard InChI is InChI=1S/C19H30N2O5/c1-3-25-8-9-26-17-6-4-15(5-7-17)11-21-12-16(23)10-18(19(24)13-21)20-14(2)22/h4-7,16,18-19,23-24H,3,8-13H2,1-2H3,(H,20,22)/t16-,18-,19-/m1/s1. The molecule has 0 unspecified atom stereocenters. The van der Waals surface area contributed by atoms with Crippen LogP contribution in [0.4, 0.5) is 0 Å². The first-order valence-corrected chi connectivity index (χ1v) is 9.13. The van der Waals surface area contributed by atoms with E-state index in [9.17, 15) is 15.0 Å². The van der Waals surface area contributed by atoms with Crippen LogP contribution in [0.15, 0.2) is 24.3 Å². The molecular formula is C19H30N2O5. The molecule has 0 saturated carbocycles. The highest BCUT2D eigenvalue weighted by Gasteiger charge is 2.30. The second kappa shape index (κ2) is 10.5. The summed E-state index contributed by atoms with van der Waals surface area (Å²) in [4.78, 5) is 13.3. The molecule has 7 heteroatoms. The maximum absolute atomic E-state index is 11.3. The third kappa shape index (κ3) is 6.92. The Kier molecular flexibility index (Phi) is 8.31. The second-order valence-electron chi connectivity index (χ2n) is 6.65. The number of carbonyl (C=O) groups excluding carboxylic acids is 1. The van der Waals surface area contributed by atoms with Crippen molar-refractivity contribution in [2.45, 2.75) is 45.1 Å². The van der Waals surface area contributed by atoms with Gasteiger partial charge in [-0.25, -0.2) is 0 Å². The number of benzene rings is 1. The third-order valence-electron chi connectivity index (χ3n) is 4.32. The van der Waals surface area contributed by atoms with Gasteiger partial charge in [0.1, 0.15) is 12.4 Å². The van der Waals surface area contributed by atoms with Crippen molar-refractivity contribution in [3.63, 3.8) is 0 Å². The summed E-state index contributed by atoms with van der Waals surface area (Å²) in [7, 11) is 0. The summed E-state index contributed by atoms with van der Waals surface area (Å²) in [5, 5.41) is 23.3. The summed E-state index contributed by atoms with van der Waals surface area (Å²) in [5.41, 5.74) is 1.07. The van der Waals surface area contributed by atoms with Crippen molar-refractivity contribution in [3.05, 3.63) is 29.8 Å². The lowest BCUT2D eigenvalue weighted by Crippen LogP contribution is -2.45. The maximum Gasteiger partial charge on any atom is 0.217 e. The van der Waals surface area contributed by atoms with Gasteiger partial charge >= 0.3 is 0 Å². The third-order valence-corrected chi connectivity index (χ3v) is 4.32. The monoisotopic (exact) mass is 366 g/mol. The van der Waals surface area contributed by atoms with Crippen LogP contribution in [0.2, 0.25) is 0 Å². The van der Waals surface area contributed by atoms with E-state index in [1.165, 1.54) is 6.92 Å². The Morgan fingerprint density at radius 3 is 2.62 bits per heavy atom. The number of likely N-dealkylation sites (tertiary alicyclic amines) is 1. The van der Waals surface area contributed by atoms with E-state index in [0.29, 0.717) is 45.9 Å². The van der Waals surface area contributed by atoms with Gasteiger partial charge in [-0.1, -0.05) is 12.1 Å². The second-order valence-corrected chi connectivity index (χ2v) is 6.65. The lowest BCUT2D eigenvalue weighted by Gasteiger charge is -2.25. The first-order valence-electron chi connectivity index (χ1n) is 9.13. The molecule has 146 valence electrons. The van der Waals surface area contributed by atoms with Crippen LogP contribution in [0.1, 0.15) is 25.8 Å². The van der Waals surface area contributed by atoms with Crippen LogP contribution in [-0.2, 0) is 16.1 Å². The molecule has 3 atom stereocenters. The molecule has 2 rings (SSSR count). The fraction of sp³-hybridized carbons (Fsp3) is 0.632. The van der Waals surface area contributed by atoms with Crippen molar-refractivity contribution in [2.24, 2.45) is 0 Å². The molecule has 0 spiro atoms. The Hall–Kier alpha value is -1.67. The van der Waals surface area contributed by atoms with E-state index in [1.54, 1.807) is 0 Å². The van der Waals surface area contributed by atoms with Gasteiger partial charge in [0.05, 0.1) is 24.9 Å². The van der Waals surface area contributed by atoms with Crippen molar-refractivity contribution in [1.29, 1.82) is 0 Å². The highest BCUT2D eigenvalue weighted by Crippen LogP contribution is 2.17. The van der Waals surface area contributed by atoms with Gasteiger partial charge in [0.2, 0.25) is 5.91 Å². The predicted octanol–water partition coefficient (Wildman–Crippen LogP) is 0.534. The van der Waals surface area contributed by atoms with Crippen molar-refractivity contribution < 1.29 is 24.5 Å². The molecule has 0 aliphatic carbocycles. The smallest absolute Gasteiger partial charge is 0.217 e. The highest BCUT2D eigenvalue weighted by molar-refractivity contribution is 5.73. The minimum absolute atomic E-state index is 0.199. The molecule has 26 heavy (non-hydrogen) atoms. The Morgan fingerprint density at radius 1 is 1.23 bits per heavy atom. The van der Waals surface area contributed by atoms with E-state index in [1.807, 2.05) is 36.1 Å². The van der Waals surface area contributed by atoms with Crippen molar-refractivity contribution in [3.8, 4) is 5.75 Å². The summed E-state index contributed by atoms with van der Waals surface area (Å²) >= 11 is 0. The highest BCUT2D eigenvalue weighted by atomic mass is 16.5. The van der Waals surface area contributed by atoms with Crippen molar-refractivity contribution >= 4 is 5.91 Å². The summed E-state index contributed by atoms with van der Waals surface area (Å²) in [5.74, 6) is 0.588. The fourth-order valence-electron chi connectivity index (χ4n) is 3.15. The SMILES string of the molecule is CCOCCOc1ccc(CN2C[C@H](O)C[C@@H](NC(C)=O)[C@H](O)C2)cc1. The van der Waals surface area contributed by atoms with Crippen LogP contribution in [0.5, 0.6) is 5.75 Å². The Balaban J connectivity index is 1.88. The van der Waals surface area contributed by atoms with E-state index in [2.05, 4.69) is 5.32 Å². The van der Waals surface area contributed by atoms with Crippen LogP contribution >= 0.6 is 0 Å². The average Bonchev–Trinajstić information content (AvgIpc) is 2.71. The van der Waals surface area contributed by atoms with Gasteiger partial charge in [0.25, 0.3) is 0 Å². The topological polar surface area (TPSA) is 91.3 Å². The molecule has 1 aromatic carbocycles. The number of hydrogen-bond acceptors (Lipinski definition) is 6. The number of nitrogens with zero attached hydrogens (tertiary/aromatic N) is 1.